The molecule has 0 amide bonds. The molecule has 0 saturated heterocycles. The highest BCUT2D eigenvalue weighted by molar-refractivity contribution is 7.99. The fourth-order valence-electron chi connectivity index (χ4n) is 1.50. The van der Waals surface area contributed by atoms with Gasteiger partial charge in [0.05, 0.1) is 13.2 Å². The van der Waals surface area contributed by atoms with Crippen molar-refractivity contribution < 1.29 is 4.74 Å². The average Bonchev–Trinajstić information content (AvgIpc) is 2.37. The summed E-state index contributed by atoms with van der Waals surface area (Å²) in [4.78, 5) is 0. The van der Waals surface area contributed by atoms with Gasteiger partial charge in [-0.05, 0) is 18.2 Å². The van der Waals surface area contributed by atoms with Gasteiger partial charge in [0, 0.05) is 18.3 Å². The fraction of sp³-hybridized carbons (Fsp3) is 0.571. The maximum Gasteiger partial charge on any atom is 0.0717 e. The molecular formula is C14H23NOS. The van der Waals surface area contributed by atoms with Gasteiger partial charge in [-0.1, -0.05) is 37.3 Å². The third-order valence-electron chi connectivity index (χ3n) is 2.42. The van der Waals surface area contributed by atoms with Crippen LogP contribution >= 0.6 is 11.8 Å². The summed E-state index contributed by atoms with van der Waals surface area (Å²) in [5.74, 6) is 2.37. The van der Waals surface area contributed by atoms with Crippen LogP contribution in [0.1, 0.15) is 19.4 Å². The lowest BCUT2D eigenvalue weighted by atomic mass is 10.2. The van der Waals surface area contributed by atoms with E-state index in [1.165, 1.54) is 17.1 Å². The molecule has 1 rings (SSSR count). The molecule has 0 heterocycles. The Kier molecular flexibility index (Phi) is 8.14. The number of rotatable bonds is 9. The molecule has 0 radical (unpaired) electrons. The fourth-order valence-corrected chi connectivity index (χ4v) is 2.20. The van der Waals surface area contributed by atoms with Gasteiger partial charge in [0.2, 0.25) is 0 Å². The van der Waals surface area contributed by atoms with Crippen LogP contribution in [0.4, 0.5) is 0 Å². The molecule has 1 atom stereocenters. The van der Waals surface area contributed by atoms with Crippen molar-refractivity contribution in [3.8, 4) is 0 Å². The van der Waals surface area contributed by atoms with Crippen LogP contribution in [0.15, 0.2) is 30.3 Å². The molecule has 1 unspecified atom stereocenters. The van der Waals surface area contributed by atoms with Crippen molar-refractivity contribution >= 4 is 11.8 Å². The van der Waals surface area contributed by atoms with E-state index in [1.807, 2.05) is 30.0 Å². The molecule has 17 heavy (non-hydrogen) atoms. The Labute approximate surface area is 109 Å². The largest absolute Gasteiger partial charge is 0.375 e. The van der Waals surface area contributed by atoms with Crippen molar-refractivity contribution in [2.75, 3.05) is 24.7 Å². The first-order chi connectivity index (χ1) is 8.33. The van der Waals surface area contributed by atoms with Crippen molar-refractivity contribution in [2.45, 2.75) is 26.5 Å². The summed E-state index contributed by atoms with van der Waals surface area (Å²) in [6.07, 6.45) is 0. The summed E-state index contributed by atoms with van der Waals surface area (Å²) in [5.41, 5.74) is 1.24. The normalized spacial score (nSPS) is 12.6. The van der Waals surface area contributed by atoms with Gasteiger partial charge in [-0.3, -0.25) is 0 Å². The molecule has 0 aliphatic carbocycles. The molecule has 1 aromatic carbocycles. The lowest BCUT2D eigenvalue weighted by Crippen LogP contribution is -2.31. The first-order valence-corrected chi connectivity index (χ1v) is 7.41. The van der Waals surface area contributed by atoms with Crippen LogP contribution in [0.5, 0.6) is 0 Å². The van der Waals surface area contributed by atoms with E-state index in [1.54, 1.807) is 0 Å². The van der Waals surface area contributed by atoms with E-state index in [-0.39, 0.29) is 0 Å². The Morgan fingerprint density at radius 2 is 2.06 bits per heavy atom. The molecule has 96 valence electrons. The zero-order chi connectivity index (χ0) is 12.3. The van der Waals surface area contributed by atoms with Crippen molar-refractivity contribution in [3.63, 3.8) is 0 Å². The predicted octanol–water partition coefficient (Wildman–Crippen LogP) is 2.93. The van der Waals surface area contributed by atoms with Crippen LogP contribution in [-0.4, -0.2) is 30.7 Å². The Balaban J connectivity index is 1.97. The molecule has 1 N–H and O–H groups in total. The molecule has 0 spiro atoms. The van der Waals surface area contributed by atoms with E-state index in [0.29, 0.717) is 12.6 Å². The third kappa shape index (κ3) is 7.42. The summed E-state index contributed by atoms with van der Waals surface area (Å²) in [5, 5.41) is 3.46. The van der Waals surface area contributed by atoms with Gasteiger partial charge >= 0.3 is 0 Å². The van der Waals surface area contributed by atoms with Gasteiger partial charge in [0.1, 0.15) is 0 Å². The minimum atomic E-state index is 0.570. The number of ether oxygens (including phenoxy) is 1. The van der Waals surface area contributed by atoms with Crippen molar-refractivity contribution in [1.29, 1.82) is 0 Å². The van der Waals surface area contributed by atoms with Gasteiger partial charge in [-0.2, -0.15) is 11.8 Å². The first kappa shape index (κ1) is 14.6. The zero-order valence-corrected chi connectivity index (χ0v) is 11.6. The lowest BCUT2D eigenvalue weighted by molar-refractivity contribution is 0.121. The quantitative estimate of drug-likeness (QED) is 0.684. The zero-order valence-electron chi connectivity index (χ0n) is 10.8. The summed E-state index contributed by atoms with van der Waals surface area (Å²) < 4.78 is 5.61. The van der Waals surface area contributed by atoms with Gasteiger partial charge in [-0.15, -0.1) is 0 Å². The highest BCUT2D eigenvalue weighted by Crippen LogP contribution is 2.01. The van der Waals surface area contributed by atoms with Gasteiger partial charge < -0.3 is 10.1 Å². The molecule has 1 aromatic rings. The number of benzene rings is 1. The Hall–Kier alpha value is -0.510. The lowest BCUT2D eigenvalue weighted by Gasteiger charge is -2.13. The van der Waals surface area contributed by atoms with Crippen LogP contribution < -0.4 is 5.32 Å². The topological polar surface area (TPSA) is 21.3 Å². The van der Waals surface area contributed by atoms with E-state index in [9.17, 15) is 0 Å². The molecule has 0 aliphatic rings. The number of hydrogen-bond acceptors (Lipinski definition) is 3. The second-order valence-electron chi connectivity index (χ2n) is 4.05. The van der Waals surface area contributed by atoms with Crippen LogP contribution in [-0.2, 0) is 11.3 Å². The SMILES string of the molecule is CCSCC(C)NCCOCc1ccccc1. The van der Waals surface area contributed by atoms with E-state index < -0.39 is 0 Å². The summed E-state index contributed by atoms with van der Waals surface area (Å²) in [6.45, 7) is 6.83. The number of hydrogen-bond donors (Lipinski definition) is 1. The van der Waals surface area contributed by atoms with Crippen molar-refractivity contribution in [3.05, 3.63) is 35.9 Å². The minimum Gasteiger partial charge on any atom is -0.375 e. The number of nitrogens with one attached hydrogen (secondary N) is 1. The van der Waals surface area contributed by atoms with Crippen LogP contribution in [0.3, 0.4) is 0 Å². The molecule has 0 bridgehead atoms. The van der Waals surface area contributed by atoms with Crippen molar-refractivity contribution in [1.82, 2.24) is 5.32 Å². The highest BCUT2D eigenvalue weighted by atomic mass is 32.2. The summed E-state index contributed by atoms with van der Waals surface area (Å²) in [7, 11) is 0. The molecule has 3 heteroatoms. The molecule has 0 fully saturated rings. The van der Waals surface area contributed by atoms with Crippen molar-refractivity contribution in [2.24, 2.45) is 0 Å². The van der Waals surface area contributed by atoms with E-state index >= 15 is 0 Å². The van der Waals surface area contributed by atoms with Crippen LogP contribution in [0.2, 0.25) is 0 Å². The third-order valence-corrected chi connectivity index (χ3v) is 3.57. The maximum absolute atomic E-state index is 5.61. The molecule has 0 saturated carbocycles. The monoisotopic (exact) mass is 253 g/mol. The van der Waals surface area contributed by atoms with Gasteiger partial charge in [-0.25, -0.2) is 0 Å². The van der Waals surface area contributed by atoms with E-state index in [4.69, 9.17) is 4.74 Å². The van der Waals surface area contributed by atoms with Crippen LogP contribution in [0, 0.1) is 0 Å². The Morgan fingerprint density at radius 3 is 2.76 bits per heavy atom. The molecule has 0 aliphatic heterocycles. The van der Waals surface area contributed by atoms with Gasteiger partial charge in [0.25, 0.3) is 0 Å². The highest BCUT2D eigenvalue weighted by Gasteiger charge is 1.99. The van der Waals surface area contributed by atoms with Crippen LogP contribution in [0.25, 0.3) is 0 Å². The standard InChI is InChI=1S/C14H23NOS/c1-3-17-12-13(2)15-9-10-16-11-14-7-5-4-6-8-14/h4-8,13,15H,3,9-12H2,1-2H3. The van der Waals surface area contributed by atoms with E-state index in [0.717, 1.165) is 13.2 Å². The summed E-state index contributed by atoms with van der Waals surface area (Å²) >= 11 is 1.97. The van der Waals surface area contributed by atoms with Gasteiger partial charge in [0.15, 0.2) is 0 Å². The smallest absolute Gasteiger partial charge is 0.0717 e. The average molecular weight is 253 g/mol. The molecule has 0 aromatic heterocycles. The second-order valence-corrected chi connectivity index (χ2v) is 5.37. The summed E-state index contributed by atoms with van der Waals surface area (Å²) in [6, 6.07) is 10.9. The number of thioether (sulfide) groups is 1. The first-order valence-electron chi connectivity index (χ1n) is 6.25. The molecular weight excluding hydrogens is 230 g/mol. The molecule has 2 nitrogen and oxygen atoms in total. The van der Waals surface area contributed by atoms with E-state index in [2.05, 4.69) is 31.3 Å². The Bertz CT molecular complexity index is 279. The minimum absolute atomic E-state index is 0.570. The Morgan fingerprint density at radius 1 is 1.29 bits per heavy atom. The maximum atomic E-state index is 5.61. The second kappa shape index (κ2) is 9.51. The predicted molar refractivity (Wildman–Crippen MR) is 76.6 cm³/mol.